The summed E-state index contributed by atoms with van der Waals surface area (Å²) in [5.41, 5.74) is 2.18. The van der Waals surface area contributed by atoms with Crippen molar-refractivity contribution < 1.29 is 9.59 Å². The molecule has 1 aromatic heterocycles. The third kappa shape index (κ3) is 3.64. The lowest BCUT2D eigenvalue weighted by atomic mass is 10.2. The third-order valence-electron chi connectivity index (χ3n) is 3.44. The van der Waals surface area contributed by atoms with Crippen LogP contribution in [-0.4, -0.2) is 16.8 Å². The monoisotopic (exact) mass is 482 g/mol. The molecule has 6 heteroatoms. The number of rotatable bonds is 4. The first-order valence-electron chi connectivity index (χ1n) is 6.86. The first-order valence-corrected chi connectivity index (χ1v) is 8.73. The summed E-state index contributed by atoms with van der Waals surface area (Å²) in [7, 11) is 0. The summed E-state index contributed by atoms with van der Waals surface area (Å²) in [6.07, 6.45) is 2.51. The molecule has 0 atom stereocenters. The predicted molar refractivity (Wildman–Crippen MR) is 103 cm³/mol. The quantitative estimate of drug-likeness (QED) is 0.441. The van der Waals surface area contributed by atoms with Gasteiger partial charge < -0.3 is 9.88 Å². The van der Waals surface area contributed by atoms with Crippen molar-refractivity contribution in [3.63, 3.8) is 0 Å². The topological polar surface area (TPSA) is 51.1 Å². The predicted octanol–water partition coefficient (Wildman–Crippen LogP) is 4.46. The Labute approximate surface area is 155 Å². The Morgan fingerprint density at radius 2 is 1.96 bits per heavy atom. The first kappa shape index (κ1) is 16.2. The van der Waals surface area contributed by atoms with E-state index in [2.05, 4.69) is 43.8 Å². The summed E-state index contributed by atoms with van der Waals surface area (Å²) in [5, 5.41) is 3.69. The van der Waals surface area contributed by atoms with Gasteiger partial charge in [0.1, 0.15) is 6.54 Å². The number of aldehydes is 1. The van der Waals surface area contributed by atoms with Crippen LogP contribution in [0.25, 0.3) is 10.9 Å². The van der Waals surface area contributed by atoms with Crippen LogP contribution in [0.1, 0.15) is 10.4 Å². The number of nitrogens with one attached hydrogen (secondary N) is 1. The highest BCUT2D eigenvalue weighted by Gasteiger charge is 2.11. The molecular formula is C17H12BrIN2O2. The Hall–Kier alpha value is -1.67. The number of amides is 1. The largest absolute Gasteiger partial charge is 0.337 e. The maximum absolute atomic E-state index is 12.2. The molecule has 0 unspecified atom stereocenters. The van der Waals surface area contributed by atoms with Crippen LogP contribution in [0, 0.1) is 3.57 Å². The molecule has 3 rings (SSSR count). The standard InChI is InChI=1S/C17H12BrIN2O2/c18-12-1-6-16-15(7-12)11(10-22)8-21(16)9-17(23)20-14-4-2-13(19)3-5-14/h1-8,10H,9H2,(H,20,23). The van der Waals surface area contributed by atoms with E-state index in [1.807, 2.05) is 42.5 Å². The van der Waals surface area contributed by atoms with Crippen LogP contribution in [-0.2, 0) is 11.3 Å². The minimum absolute atomic E-state index is 0.136. The smallest absolute Gasteiger partial charge is 0.244 e. The second-order valence-electron chi connectivity index (χ2n) is 5.05. The summed E-state index contributed by atoms with van der Waals surface area (Å²) in [6, 6.07) is 13.3. The number of hydrogen-bond donors (Lipinski definition) is 1. The van der Waals surface area contributed by atoms with E-state index in [1.54, 1.807) is 10.8 Å². The summed E-state index contributed by atoms with van der Waals surface area (Å²) >= 11 is 5.61. The summed E-state index contributed by atoms with van der Waals surface area (Å²) in [4.78, 5) is 23.5. The zero-order chi connectivity index (χ0) is 16.4. The van der Waals surface area contributed by atoms with Crippen LogP contribution in [0.15, 0.2) is 53.1 Å². The van der Waals surface area contributed by atoms with Crippen LogP contribution in [0.5, 0.6) is 0 Å². The number of carbonyl (C=O) groups excluding carboxylic acids is 2. The Balaban J connectivity index is 1.84. The van der Waals surface area contributed by atoms with Crippen molar-refractivity contribution in [2.75, 3.05) is 5.32 Å². The van der Waals surface area contributed by atoms with E-state index in [0.29, 0.717) is 5.56 Å². The lowest BCUT2D eigenvalue weighted by Crippen LogP contribution is -2.18. The number of aromatic nitrogens is 1. The van der Waals surface area contributed by atoms with Gasteiger partial charge in [-0.2, -0.15) is 0 Å². The van der Waals surface area contributed by atoms with Crippen molar-refractivity contribution in [3.8, 4) is 0 Å². The molecule has 1 heterocycles. The van der Waals surface area contributed by atoms with Gasteiger partial charge in [0.05, 0.1) is 0 Å². The van der Waals surface area contributed by atoms with Crippen molar-refractivity contribution >= 4 is 67.3 Å². The molecule has 0 aliphatic carbocycles. The second-order valence-corrected chi connectivity index (χ2v) is 7.21. The second kappa shape index (κ2) is 6.84. The number of benzene rings is 2. The van der Waals surface area contributed by atoms with Gasteiger partial charge in [0.2, 0.25) is 5.91 Å². The molecule has 0 radical (unpaired) electrons. The number of halogens is 2. The van der Waals surface area contributed by atoms with Gasteiger partial charge in [-0.25, -0.2) is 0 Å². The van der Waals surface area contributed by atoms with Gasteiger partial charge in [0.25, 0.3) is 0 Å². The fraction of sp³-hybridized carbons (Fsp3) is 0.0588. The molecule has 3 aromatic rings. The average Bonchev–Trinajstić information content (AvgIpc) is 2.86. The number of hydrogen-bond acceptors (Lipinski definition) is 2. The van der Waals surface area contributed by atoms with Crippen molar-refractivity contribution in [2.45, 2.75) is 6.54 Å². The first-order chi connectivity index (χ1) is 11.1. The molecule has 0 saturated carbocycles. The molecule has 0 fully saturated rings. The molecular weight excluding hydrogens is 471 g/mol. The molecule has 0 bridgehead atoms. The van der Waals surface area contributed by atoms with E-state index in [4.69, 9.17) is 0 Å². The minimum atomic E-state index is -0.136. The summed E-state index contributed by atoms with van der Waals surface area (Å²) < 4.78 is 3.79. The molecule has 2 aromatic carbocycles. The van der Waals surface area contributed by atoms with E-state index in [-0.39, 0.29) is 12.5 Å². The molecule has 0 aliphatic heterocycles. The van der Waals surface area contributed by atoms with Crippen molar-refractivity contribution in [3.05, 3.63) is 62.3 Å². The van der Waals surface area contributed by atoms with Gasteiger partial charge >= 0.3 is 0 Å². The summed E-state index contributed by atoms with van der Waals surface area (Å²) in [6.45, 7) is 0.151. The molecule has 0 aliphatic rings. The zero-order valence-electron chi connectivity index (χ0n) is 11.9. The highest BCUT2D eigenvalue weighted by atomic mass is 127. The van der Waals surface area contributed by atoms with Crippen LogP contribution in [0.3, 0.4) is 0 Å². The van der Waals surface area contributed by atoms with Crippen molar-refractivity contribution in [1.82, 2.24) is 4.57 Å². The van der Waals surface area contributed by atoms with Crippen molar-refractivity contribution in [2.24, 2.45) is 0 Å². The molecule has 0 saturated heterocycles. The molecule has 23 heavy (non-hydrogen) atoms. The highest BCUT2D eigenvalue weighted by molar-refractivity contribution is 14.1. The van der Waals surface area contributed by atoms with Gasteiger partial charge in [-0.05, 0) is 65.1 Å². The Morgan fingerprint density at radius 1 is 1.22 bits per heavy atom. The maximum Gasteiger partial charge on any atom is 0.244 e. The molecule has 0 spiro atoms. The number of anilines is 1. The molecule has 1 amide bonds. The van der Waals surface area contributed by atoms with Crippen LogP contribution >= 0.6 is 38.5 Å². The van der Waals surface area contributed by atoms with Gasteiger partial charge in [0, 0.05) is 36.4 Å². The lowest BCUT2D eigenvalue weighted by Gasteiger charge is -2.07. The fourth-order valence-electron chi connectivity index (χ4n) is 2.41. The van der Waals surface area contributed by atoms with Crippen LogP contribution in [0.2, 0.25) is 0 Å². The van der Waals surface area contributed by atoms with Crippen molar-refractivity contribution in [1.29, 1.82) is 0 Å². The van der Waals surface area contributed by atoms with Crippen LogP contribution < -0.4 is 5.32 Å². The van der Waals surface area contributed by atoms with E-state index < -0.39 is 0 Å². The van der Waals surface area contributed by atoms with Gasteiger partial charge in [-0.3, -0.25) is 9.59 Å². The lowest BCUT2D eigenvalue weighted by molar-refractivity contribution is -0.116. The van der Waals surface area contributed by atoms with E-state index >= 15 is 0 Å². The van der Waals surface area contributed by atoms with Gasteiger partial charge in [-0.15, -0.1) is 0 Å². The minimum Gasteiger partial charge on any atom is -0.337 e. The van der Waals surface area contributed by atoms with E-state index in [1.165, 1.54) is 0 Å². The number of nitrogens with zero attached hydrogens (tertiary/aromatic N) is 1. The molecule has 4 nitrogen and oxygen atoms in total. The number of fused-ring (bicyclic) bond motifs is 1. The Kier molecular flexibility index (Phi) is 4.82. The van der Waals surface area contributed by atoms with Gasteiger partial charge in [0.15, 0.2) is 6.29 Å². The third-order valence-corrected chi connectivity index (χ3v) is 4.66. The molecule has 116 valence electrons. The number of carbonyl (C=O) groups is 2. The SMILES string of the molecule is O=Cc1cn(CC(=O)Nc2ccc(I)cc2)c2ccc(Br)cc12. The highest BCUT2D eigenvalue weighted by Crippen LogP contribution is 2.24. The molecule has 1 N–H and O–H groups in total. The normalized spacial score (nSPS) is 10.7. The summed E-state index contributed by atoms with van der Waals surface area (Å²) in [5.74, 6) is -0.136. The van der Waals surface area contributed by atoms with E-state index in [0.717, 1.165) is 30.9 Å². The average molecular weight is 483 g/mol. The van der Waals surface area contributed by atoms with Gasteiger partial charge in [-0.1, -0.05) is 15.9 Å². The van der Waals surface area contributed by atoms with Crippen LogP contribution in [0.4, 0.5) is 5.69 Å². The fourth-order valence-corrected chi connectivity index (χ4v) is 3.13. The zero-order valence-corrected chi connectivity index (χ0v) is 15.7. The Bertz CT molecular complexity index is 887. The van der Waals surface area contributed by atoms with E-state index in [9.17, 15) is 9.59 Å². The Morgan fingerprint density at radius 3 is 2.65 bits per heavy atom. The maximum atomic E-state index is 12.2.